The van der Waals surface area contributed by atoms with Crippen LogP contribution in [0.1, 0.15) is 39.4 Å². The second kappa shape index (κ2) is 5.40. The van der Waals surface area contributed by atoms with Gasteiger partial charge < -0.3 is 15.4 Å². The summed E-state index contributed by atoms with van der Waals surface area (Å²) in [6.07, 6.45) is 2.72. The molecule has 2 rings (SSSR count). The molecule has 0 saturated carbocycles. The Morgan fingerprint density at radius 2 is 2.10 bits per heavy atom. The molecule has 0 spiro atoms. The molecular weight excluding hydrogens is 258 g/mol. The molecule has 20 heavy (non-hydrogen) atoms. The van der Waals surface area contributed by atoms with Gasteiger partial charge in [-0.25, -0.2) is 9.78 Å². The molecule has 1 fully saturated rings. The van der Waals surface area contributed by atoms with Gasteiger partial charge in [0.15, 0.2) is 5.82 Å². The Hall–Kier alpha value is -1.63. The molecule has 0 aliphatic carbocycles. The third-order valence-electron chi connectivity index (χ3n) is 3.22. The van der Waals surface area contributed by atoms with Crippen molar-refractivity contribution in [1.29, 1.82) is 0 Å². The van der Waals surface area contributed by atoms with Crippen LogP contribution in [-0.4, -0.2) is 39.5 Å². The quantitative estimate of drug-likeness (QED) is 0.842. The highest BCUT2D eigenvalue weighted by atomic mass is 16.6. The van der Waals surface area contributed by atoms with Crippen LogP contribution in [-0.2, 0) is 17.3 Å². The van der Waals surface area contributed by atoms with Crippen LogP contribution in [0, 0.1) is 0 Å². The van der Waals surface area contributed by atoms with Gasteiger partial charge in [-0.05, 0) is 46.7 Å². The second-order valence-corrected chi connectivity index (χ2v) is 6.20. The molecule has 7 heteroatoms. The van der Waals surface area contributed by atoms with Gasteiger partial charge in [-0.15, -0.1) is 0 Å². The van der Waals surface area contributed by atoms with Crippen molar-refractivity contribution >= 4 is 6.09 Å². The summed E-state index contributed by atoms with van der Waals surface area (Å²) in [6, 6.07) is 0. The molecule has 2 N–H and O–H groups in total. The highest BCUT2D eigenvalue weighted by Crippen LogP contribution is 2.28. The fourth-order valence-electron chi connectivity index (χ4n) is 2.32. The van der Waals surface area contributed by atoms with Crippen LogP contribution >= 0.6 is 0 Å². The van der Waals surface area contributed by atoms with Crippen LogP contribution in [0.25, 0.3) is 0 Å². The van der Waals surface area contributed by atoms with Gasteiger partial charge in [-0.3, -0.25) is 4.68 Å². The Bertz CT molecular complexity index is 471. The Balaban J connectivity index is 2.18. The number of nitrogens with zero attached hydrogens (tertiary/aromatic N) is 3. The van der Waals surface area contributed by atoms with Crippen LogP contribution < -0.4 is 10.6 Å². The number of carbonyl (C=O) groups is 1. The lowest BCUT2D eigenvalue weighted by Crippen LogP contribution is -2.53. The van der Waals surface area contributed by atoms with E-state index in [9.17, 15) is 4.79 Å². The molecule has 1 aromatic rings. The van der Waals surface area contributed by atoms with Crippen molar-refractivity contribution in [2.75, 3.05) is 13.1 Å². The van der Waals surface area contributed by atoms with Crippen molar-refractivity contribution in [3.8, 4) is 0 Å². The summed E-state index contributed by atoms with van der Waals surface area (Å²) in [5.74, 6) is 0.646. The SMILES string of the molecule is Cn1cnc(C2(NC(=O)OC(C)(C)C)CCNCC2)n1. The largest absolute Gasteiger partial charge is 0.444 e. The lowest BCUT2D eigenvalue weighted by atomic mass is 9.87. The van der Waals surface area contributed by atoms with E-state index in [0.717, 1.165) is 25.9 Å². The van der Waals surface area contributed by atoms with E-state index >= 15 is 0 Å². The average molecular weight is 281 g/mol. The minimum atomic E-state index is -0.547. The highest BCUT2D eigenvalue weighted by Gasteiger charge is 2.40. The lowest BCUT2D eigenvalue weighted by Gasteiger charge is -2.36. The van der Waals surface area contributed by atoms with Crippen molar-refractivity contribution in [3.63, 3.8) is 0 Å². The van der Waals surface area contributed by atoms with Crippen LogP contribution in [0.4, 0.5) is 4.79 Å². The minimum Gasteiger partial charge on any atom is -0.444 e. The van der Waals surface area contributed by atoms with E-state index < -0.39 is 17.2 Å². The third-order valence-corrected chi connectivity index (χ3v) is 3.22. The Morgan fingerprint density at radius 3 is 2.60 bits per heavy atom. The first-order chi connectivity index (χ1) is 9.31. The number of amides is 1. The lowest BCUT2D eigenvalue weighted by molar-refractivity contribution is 0.0418. The van der Waals surface area contributed by atoms with Crippen molar-refractivity contribution in [1.82, 2.24) is 25.4 Å². The van der Waals surface area contributed by atoms with E-state index in [-0.39, 0.29) is 0 Å². The maximum atomic E-state index is 12.1. The minimum absolute atomic E-state index is 0.424. The Kier molecular flexibility index (Phi) is 3.99. The van der Waals surface area contributed by atoms with Gasteiger partial charge in [0.1, 0.15) is 17.5 Å². The van der Waals surface area contributed by atoms with Crippen molar-refractivity contribution in [2.24, 2.45) is 7.05 Å². The fourth-order valence-corrected chi connectivity index (χ4v) is 2.32. The van der Waals surface area contributed by atoms with Gasteiger partial charge in [0.2, 0.25) is 0 Å². The number of nitrogens with one attached hydrogen (secondary N) is 2. The molecule has 0 radical (unpaired) electrons. The summed E-state index contributed by atoms with van der Waals surface area (Å²) in [4.78, 5) is 16.4. The number of hydrogen-bond acceptors (Lipinski definition) is 5. The fraction of sp³-hybridized carbons (Fsp3) is 0.769. The number of alkyl carbamates (subject to hydrolysis) is 1. The summed E-state index contributed by atoms with van der Waals surface area (Å²) in [7, 11) is 1.82. The molecule has 1 saturated heterocycles. The number of hydrogen-bond donors (Lipinski definition) is 2. The topological polar surface area (TPSA) is 81.1 Å². The normalized spacial score (nSPS) is 18.6. The first kappa shape index (κ1) is 14.8. The van der Waals surface area contributed by atoms with Crippen LogP contribution in [0.5, 0.6) is 0 Å². The molecule has 0 atom stereocenters. The maximum absolute atomic E-state index is 12.1. The maximum Gasteiger partial charge on any atom is 0.408 e. The number of aryl methyl sites for hydroxylation is 1. The molecule has 1 aliphatic heterocycles. The predicted molar refractivity (Wildman–Crippen MR) is 74.2 cm³/mol. The number of aromatic nitrogens is 3. The first-order valence-electron chi connectivity index (χ1n) is 6.89. The number of piperidine rings is 1. The summed E-state index contributed by atoms with van der Waals surface area (Å²) >= 11 is 0. The molecule has 7 nitrogen and oxygen atoms in total. The van der Waals surface area contributed by atoms with Crippen LogP contribution in [0.3, 0.4) is 0 Å². The molecular formula is C13H23N5O2. The van der Waals surface area contributed by atoms with Gasteiger partial charge in [-0.2, -0.15) is 5.10 Å². The third kappa shape index (κ3) is 3.47. The Labute approximate surface area is 119 Å². The molecule has 112 valence electrons. The standard InChI is InChI=1S/C13H23N5O2/c1-12(2,3)20-11(19)16-13(5-7-14-8-6-13)10-15-9-18(4)17-10/h9,14H,5-8H2,1-4H3,(H,16,19). The van der Waals surface area contributed by atoms with Crippen molar-refractivity contribution in [3.05, 3.63) is 12.2 Å². The Morgan fingerprint density at radius 1 is 1.45 bits per heavy atom. The molecule has 1 aromatic heterocycles. The van der Waals surface area contributed by atoms with Crippen molar-refractivity contribution in [2.45, 2.75) is 44.8 Å². The zero-order valence-corrected chi connectivity index (χ0v) is 12.6. The van der Waals surface area contributed by atoms with Gasteiger partial charge >= 0.3 is 6.09 Å². The van der Waals surface area contributed by atoms with Gasteiger partial charge in [0.25, 0.3) is 0 Å². The number of carbonyl (C=O) groups excluding carboxylic acids is 1. The zero-order chi connectivity index (χ0) is 14.8. The zero-order valence-electron chi connectivity index (χ0n) is 12.6. The molecule has 1 amide bonds. The van der Waals surface area contributed by atoms with E-state index in [1.807, 2.05) is 27.8 Å². The molecule has 0 unspecified atom stereocenters. The monoisotopic (exact) mass is 281 g/mol. The van der Waals surface area contributed by atoms with Crippen LogP contribution in [0.15, 0.2) is 6.33 Å². The van der Waals surface area contributed by atoms with Crippen LogP contribution in [0.2, 0.25) is 0 Å². The highest BCUT2D eigenvalue weighted by molar-refractivity contribution is 5.69. The van der Waals surface area contributed by atoms with E-state index in [0.29, 0.717) is 5.82 Å². The summed E-state index contributed by atoms with van der Waals surface area (Å²) in [5.41, 5.74) is -1.06. The van der Waals surface area contributed by atoms with E-state index in [4.69, 9.17) is 4.74 Å². The molecule has 2 heterocycles. The first-order valence-corrected chi connectivity index (χ1v) is 6.89. The molecule has 1 aliphatic rings. The van der Waals surface area contributed by atoms with E-state index in [2.05, 4.69) is 20.7 Å². The van der Waals surface area contributed by atoms with Gasteiger partial charge in [0.05, 0.1) is 0 Å². The number of rotatable bonds is 2. The van der Waals surface area contributed by atoms with E-state index in [1.54, 1.807) is 11.0 Å². The molecule has 0 bridgehead atoms. The van der Waals surface area contributed by atoms with E-state index in [1.165, 1.54) is 0 Å². The van der Waals surface area contributed by atoms with Gasteiger partial charge in [-0.1, -0.05) is 0 Å². The molecule has 0 aromatic carbocycles. The summed E-state index contributed by atoms with van der Waals surface area (Å²) in [5, 5.41) is 10.6. The predicted octanol–water partition coefficient (Wildman–Crippen LogP) is 0.918. The second-order valence-electron chi connectivity index (χ2n) is 6.20. The summed E-state index contributed by atoms with van der Waals surface area (Å²) in [6.45, 7) is 7.17. The number of ether oxygens (including phenoxy) is 1. The van der Waals surface area contributed by atoms with Gasteiger partial charge in [0, 0.05) is 7.05 Å². The smallest absolute Gasteiger partial charge is 0.408 e. The average Bonchev–Trinajstić information content (AvgIpc) is 2.75. The summed E-state index contributed by atoms with van der Waals surface area (Å²) < 4.78 is 7.01. The van der Waals surface area contributed by atoms with Crippen molar-refractivity contribution < 1.29 is 9.53 Å².